The number of hydrogen-bond acceptors (Lipinski definition) is 9. The second-order valence-corrected chi connectivity index (χ2v) is 7.18. The van der Waals surface area contributed by atoms with Crippen LogP contribution >= 0.6 is 0 Å². The molecule has 1 fully saturated rings. The van der Waals surface area contributed by atoms with Gasteiger partial charge in [0.15, 0.2) is 6.29 Å². The lowest BCUT2D eigenvalue weighted by molar-refractivity contribution is -0.310. The molecule has 0 aromatic rings. The van der Waals surface area contributed by atoms with Crippen molar-refractivity contribution in [1.29, 1.82) is 0 Å². The molecule has 0 bridgehead atoms. The molecule has 1 heterocycles. The number of aliphatic hydroxyl groups excluding tert-OH is 3. The van der Waals surface area contributed by atoms with E-state index in [0.717, 1.165) is 6.42 Å². The van der Waals surface area contributed by atoms with Gasteiger partial charge in [-0.1, -0.05) is 13.3 Å². The van der Waals surface area contributed by atoms with Crippen LogP contribution in [0.4, 0.5) is 0 Å². The summed E-state index contributed by atoms with van der Waals surface area (Å²) in [6.07, 6.45) is -6.84. The molecule has 1 rings (SSSR count). The van der Waals surface area contributed by atoms with Crippen molar-refractivity contribution in [2.75, 3.05) is 6.61 Å². The SMILES string of the molecule is CCC[C@@H](C)O[C@@H]1O[C@H](COC(=O)CC(C)(O)CC(=O)O)[C@@H](O)[C@H](O)[C@H]1O. The van der Waals surface area contributed by atoms with E-state index < -0.39 is 67.7 Å². The molecule has 1 saturated heterocycles. The maximum absolute atomic E-state index is 11.8. The number of ether oxygens (including phenoxy) is 3. The van der Waals surface area contributed by atoms with Crippen molar-refractivity contribution < 1.29 is 49.3 Å². The van der Waals surface area contributed by atoms with Crippen LogP contribution in [0, 0.1) is 0 Å². The Labute approximate surface area is 157 Å². The lowest BCUT2D eigenvalue weighted by Gasteiger charge is -2.40. The van der Waals surface area contributed by atoms with Gasteiger partial charge in [0.05, 0.1) is 24.5 Å². The van der Waals surface area contributed by atoms with Crippen molar-refractivity contribution in [2.24, 2.45) is 0 Å². The minimum absolute atomic E-state index is 0.258. The highest BCUT2D eigenvalue weighted by Crippen LogP contribution is 2.24. The van der Waals surface area contributed by atoms with E-state index in [2.05, 4.69) is 0 Å². The van der Waals surface area contributed by atoms with Crippen LogP contribution in [0.25, 0.3) is 0 Å². The number of carbonyl (C=O) groups excluding carboxylic acids is 1. The van der Waals surface area contributed by atoms with E-state index in [0.29, 0.717) is 6.42 Å². The van der Waals surface area contributed by atoms with Gasteiger partial charge < -0.3 is 39.7 Å². The summed E-state index contributed by atoms with van der Waals surface area (Å²) in [6, 6.07) is 0. The summed E-state index contributed by atoms with van der Waals surface area (Å²) in [7, 11) is 0. The monoisotopic (exact) mass is 394 g/mol. The number of carboxylic acids is 1. The lowest BCUT2D eigenvalue weighted by atomic mass is 9.98. The highest BCUT2D eigenvalue weighted by Gasteiger charge is 2.45. The summed E-state index contributed by atoms with van der Waals surface area (Å²) in [5.74, 6) is -2.16. The van der Waals surface area contributed by atoms with E-state index in [9.17, 15) is 30.0 Å². The smallest absolute Gasteiger partial charge is 0.308 e. The Morgan fingerprint density at radius 3 is 2.33 bits per heavy atom. The number of hydrogen-bond donors (Lipinski definition) is 5. The second-order valence-electron chi connectivity index (χ2n) is 7.18. The summed E-state index contributed by atoms with van der Waals surface area (Å²) >= 11 is 0. The quantitative estimate of drug-likeness (QED) is 0.295. The zero-order valence-electron chi connectivity index (χ0n) is 15.8. The zero-order valence-corrected chi connectivity index (χ0v) is 15.8. The third-order valence-corrected chi connectivity index (χ3v) is 4.20. The molecule has 0 amide bonds. The van der Waals surface area contributed by atoms with E-state index in [1.165, 1.54) is 6.92 Å². The summed E-state index contributed by atoms with van der Waals surface area (Å²) in [6.45, 7) is 4.46. The fourth-order valence-corrected chi connectivity index (χ4v) is 2.80. The highest BCUT2D eigenvalue weighted by atomic mass is 16.7. The molecule has 0 aromatic heterocycles. The van der Waals surface area contributed by atoms with E-state index in [-0.39, 0.29) is 6.10 Å². The van der Waals surface area contributed by atoms with Crippen LogP contribution in [0.2, 0.25) is 0 Å². The fourth-order valence-electron chi connectivity index (χ4n) is 2.80. The molecular formula is C17H30O10. The molecular weight excluding hydrogens is 364 g/mol. The normalized spacial score (nSPS) is 31.7. The molecule has 0 aliphatic carbocycles. The highest BCUT2D eigenvalue weighted by molar-refractivity contribution is 5.73. The van der Waals surface area contributed by atoms with Gasteiger partial charge in [-0.2, -0.15) is 0 Å². The molecule has 7 atom stereocenters. The van der Waals surface area contributed by atoms with Gasteiger partial charge in [0.2, 0.25) is 0 Å². The van der Waals surface area contributed by atoms with Gasteiger partial charge in [0, 0.05) is 0 Å². The van der Waals surface area contributed by atoms with E-state index in [4.69, 9.17) is 19.3 Å². The van der Waals surface area contributed by atoms with Crippen LogP contribution in [0.1, 0.15) is 46.5 Å². The molecule has 158 valence electrons. The molecule has 10 heteroatoms. The number of carboxylic acid groups (broad SMARTS) is 1. The van der Waals surface area contributed by atoms with Crippen LogP contribution in [0.3, 0.4) is 0 Å². The Kier molecular flexibility index (Phi) is 9.06. The number of aliphatic carboxylic acids is 1. The number of aliphatic hydroxyl groups is 4. The number of rotatable bonds is 10. The van der Waals surface area contributed by atoms with Crippen LogP contribution in [-0.4, -0.2) is 86.5 Å². The van der Waals surface area contributed by atoms with Crippen molar-refractivity contribution in [3.8, 4) is 0 Å². The predicted octanol–water partition coefficient (Wildman–Crippen LogP) is -0.842. The van der Waals surface area contributed by atoms with Gasteiger partial charge >= 0.3 is 11.9 Å². The average Bonchev–Trinajstić information content (AvgIpc) is 2.52. The molecule has 27 heavy (non-hydrogen) atoms. The molecule has 0 radical (unpaired) electrons. The van der Waals surface area contributed by atoms with Crippen LogP contribution in [0.15, 0.2) is 0 Å². The van der Waals surface area contributed by atoms with Gasteiger partial charge in [-0.15, -0.1) is 0 Å². The van der Waals surface area contributed by atoms with Crippen molar-refractivity contribution in [1.82, 2.24) is 0 Å². The largest absolute Gasteiger partial charge is 0.481 e. The first-order valence-electron chi connectivity index (χ1n) is 8.91. The van der Waals surface area contributed by atoms with Gasteiger partial charge in [-0.05, 0) is 20.3 Å². The van der Waals surface area contributed by atoms with E-state index in [1.807, 2.05) is 6.92 Å². The Balaban J connectivity index is 2.61. The van der Waals surface area contributed by atoms with E-state index >= 15 is 0 Å². The molecule has 1 aliphatic heterocycles. The molecule has 0 saturated carbocycles. The average molecular weight is 394 g/mol. The Morgan fingerprint density at radius 2 is 1.78 bits per heavy atom. The second kappa shape index (κ2) is 10.3. The van der Waals surface area contributed by atoms with Gasteiger partial charge in [-0.3, -0.25) is 9.59 Å². The standard InChI is InChI=1S/C17H30O10/c1-4-5-9(2)26-16-15(23)14(22)13(21)10(27-16)8-25-12(20)7-17(3,24)6-11(18)19/h9-10,13-16,21-24H,4-8H2,1-3H3,(H,18,19)/t9-,10-,13-,14+,15-,16-,17?/m1/s1. The topological polar surface area (TPSA) is 163 Å². The van der Waals surface area contributed by atoms with Gasteiger partial charge in [-0.25, -0.2) is 0 Å². The minimum atomic E-state index is -1.79. The first-order valence-corrected chi connectivity index (χ1v) is 8.91. The maximum Gasteiger partial charge on any atom is 0.308 e. The summed E-state index contributed by atoms with van der Waals surface area (Å²) in [5.41, 5.74) is -1.79. The maximum atomic E-state index is 11.8. The Bertz CT molecular complexity index is 494. The predicted molar refractivity (Wildman–Crippen MR) is 90.6 cm³/mol. The van der Waals surface area contributed by atoms with Gasteiger partial charge in [0.1, 0.15) is 31.0 Å². The van der Waals surface area contributed by atoms with Crippen LogP contribution in [0.5, 0.6) is 0 Å². The molecule has 0 spiro atoms. The van der Waals surface area contributed by atoms with Crippen molar-refractivity contribution in [2.45, 2.75) is 88.9 Å². The number of carbonyl (C=O) groups is 2. The molecule has 10 nitrogen and oxygen atoms in total. The van der Waals surface area contributed by atoms with Gasteiger partial charge in [0.25, 0.3) is 0 Å². The van der Waals surface area contributed by atoms with Crippen molar-refractivity contribution in [3.63, 3.8) is 0 Å². The van der Waals surface area contributed by atoms with Crippen molar-refractivity contribution >= 4 is 11.9 Å². The first kappa shape index (κ1) is 23.7. The first-order chi connectivity index (χ1) is 12.5. The molecule has 1 aliphatic rings. The fraction of sp³-hybridized carbons (Fsp3) is 0.882. The third-order valence-electron chi connectivity index (χ3n) is 4.20. The zero-order chi connectivity index (χ0) is 20.8. The van der Waals surface area contributed by atoms with Crippen molar-refractivity contribution in [3.05, 3.63) is 0 Å². The number of esters is 1. The summed E-state index contributed by atoms with van der Waals surface area (Å²) in [4.78, 5) is 22.5. The minimum Gasteiger partial charge on any atom is -0.481 e. The Hall–Kier alpha value is -1.30. The third kappa shape index (κ3) is 7.68. The summed E-state index contributed by atoms with van der Waals surface area (Å²) < 4.78 is 15.9. The van der Waals surface area contributed by atoms with Crippen LogP contribution < -0.4 is 0 Å². The molecule has 5 N–H and O–H groups in total. The lowest BCUT2D eigenvalue weighted by Crippen LogP contribution is -2.59. The van der Waals surface area contributed by atoms with Crippen LogP contribution in [-0.2, 0) is 23.8 Å². The van der Waals surface area contributed by atoms with E-state index in [1.54, 1.807) is 6.92 Å². The molecule has 1 unspecified atom stereocenters. The summed E-state index contributed by atoms with van der Waals surface area (Å²) in [5, 5.41) is 48.5. The Morgan fingerprint density at radius 1 is 1.15 bits per heavy atom. The molecule has 0 aromatic carbocycles.